The van der Waals surface area contributed by atoms with Crippen LogP contribution in [0.25, 0.3) is 0 Å². The van der Waals surface area contributed by atoms with Crippen LogP contribution in [0.4, 0.5) is 0 Å². The van der Waals surface area contributed by atoms with Gasteiger partial charge in [0, 0.05) is 19.8 Å². The fourth-order valence-electron chi connectivity index (χ4n) is 1.82. The zero-order chi connectivity index (χ0) is 10.1. The molecule has 0 amide bonds. The zero-order valence-electron chi connectivity index (χ0n) is 9.60. The molecule has 2 heteroatoms. The zero-order valence-corrected chi connectivity index (χ0v) is 9.60. The van der Waals surface area contributed by atoms with E-state index in [0.29, 0.717) is 6.04 Å². The summed E-state index contributed by atoms with van der Waals surface area (Å²) in [7, 11) is 3.83. The van der Waals surface area contributed by atoms with Crippen molar-refractivity contribution in [2.45, 2.75) is 45.6 Å². The number of nitrogens with one attached hydrogen (secondary N) is 1. The summed E-state index contributed by atoms with van der Waals surface area (Å²) in [5.41, 5.74) is 0. The van der Waals surface area contributed by atoms with Gasteiger partial charge in [-0.15, -0.1) is 0 Å². The molecule has 0 aliphatic heterocycles. The second kappa shape index (κ2) is 8.52. The van der Waals surface area contributed by atoms with Gasteiger partial charge in [-0.1, -0.05) is 20.3 Å². The van der Waals surface area contributed by atoms with E-state index in [4.69, 9.17) is 4.74 Å². The molecule has 0 fully saturated rings. The van der Waals surface area contributed by atoms with Crippen molar-refractivity contribution in [1.29, 1.82) is 0 Å². The van der Waals surface area contributed by atoms with Crippen LogP contribution in [0, 0.1) is 5.92 Å². The van der Waals surface area contributed by atoms with Crippen LogP contribution in [-0.4, -0.2) is 26.8 Å². The number of hydrogen-bond acceptors (Lipinski definition) is 2. The average Bonchev–Trinajstić information content (AvgIpc) is 2.13. The largest absolute Gasteiger partial charge is 0.385 e. The van der Waals surface area contributed by atoms with Crippen molar-refractivity contribution in [3.63, 3.8) is 0 Å². The number of methoxy groups -OCH3 is 1. The normalized spacial score (nSPS) is 15.7. The fraction of sp³-hybridized carbons (Fsp3) is 1.00. The van der Waals surface area contributed by atoms with Crippen molar-refractivity contribution in [2.75, 3.05) is 20.8 Å². The number of ether oxygens (including phenoxy) is 1. The molecule has 0 bridgehead atoms. The first-order chi connectivity index (χ1) is 6.26. The maximum absolute atomic E-state index is 5.05. The van der Waals surface area contributed by atoms with E-state index in [9.17, 15) is 0 Å². The fourth-order valence-corrected chi connectivity index (χ4v) is 1.82. The Labute approximate surface area is 83.1 Å². The Balaban J connectivity index is 3.60. The van der Waals surface area contributed by atoms with Gasteiger partial charge in [0.15, 0.2) is 0 Å². The molecule has 0 rings (SSSR count). The summed E-state index contributed by atoms with van der Waals surface area (Å²) in [4.78, 5) is 0. The van der Waals surface area contributed by atoms with Gasteiger partial charge in [-0.25, -0.2) is 0 Å². The lowest BCUT2D eigenvalue weighted by Crippen LogP contribution is -2.32. The summed E-state index contributed by atoms with van der Waals surface area (Å²) < 4.78 is 5.05. The molecule has 2 nitrogen and oxygen atoms in total. The standard InChI is InChI=1S/C11H25NO/c1-5-7-10(2)11(12-3)8-6-9-13-4/h10-12H,5-9H2,1-4H3. The van der Waals surface area contributed by atoms with E-state index >= 15 is 0 Å². The van der Waals surface area contributed by atoms with E-state index in [1.807, 2.05) is 0 Å². The van der Waals surface area contributed by atoms with Crippen LogP contribution in [0.3, 0.4) is 0 Å². The quantitative estimate of drug-likeness (QED) is 0.589. The Morgan fingerprint density at radius 2 is 2.00 bits per heavy atom. The molecular weight excluding hydrogens is 162 g/mol. The van der Waals surface area contributed by atoms with Crippen molar-refractivity contribution in [1.82, 2.24) is 5.32 Å². The lowest BCUT2D eigenvalue weighted by molar-refractivity contribution is 0.184. The monoisotopic (exact) mass is 187 g/mol. The Kier molecular flexibility index (Phi) is 8.46. The molecule has 0 heterocycles. The van der Waals surface area contributed by atoms with Crippen molar-refractivity contribution >= 4 is 0 Å². The van der Waals surface area contributed by atoms with Crippen molar-refractivity contribution in [2.24, 2.45) is 5.92 Å². The smallest absolute Gasteiger partial charge is 0.0462 e. The van der Waals surface area contributed by atoms with E-state index in [0.717, 1.165) is 18.9 Å². The van der Waals surface area contributed by atoms with Gasteiger partial charge in [-0.3, -0.25) is 0 Å². The van der Waals surface area contributed by atoms with E-state index in [2.05, 4.69) is 26.2 Å². The maximum atomic E-state index is 5.05. The van der Waals surface area contributed by atoms with Gasteiger partial charge in [0.1, 0.15) is 0 Å². The van der Waals surface area contributed by atoms with Gasteiger partial charge in [0.2, 0.25) is 0 Å². The maximum Gasteiger partial charge on any atom is 0.0462 e. The molecular formula is C11H25NO. The molecule has 0 spiro atoms. The van der Waals surface area contributed by atoms with Crippen LogP contribution in [0.1, 0.15) is 39.5 Å². The topological polar surface area (TPSA) is 21.3 Å². The Bertz CT molecular complexity index is 106. The highest BCUT2D eigenvalue weighted by Gasteiger charge is 2.13. The average molecular weight is 187 g/mol. The molecule has 13 heavy (non-hydrogen) atoms. The van der Waals surface area contributed by atoms with Gasteiger partial charge in [-0.05, 0) is 32.2 Å². The molecule has 0 aromatic rings. The van der Waals surface area contributed by atoms with E-state index in [1.54, 1.807) is 7.11 Å². The highest BCUT2D eigenvalue weighted by atomic mass is 16.5. The van der Waals surface area contributed by atoms with E-state index in [-0.39, 0.29) is 0 Å². The van der Waals surface area contributed by atoms with Crippen molar-refractivity contribution < 1.29 is 4.74 Å². The van der Waals surface area contributed by atoms with Crippen LogP contribution in [0.15, 0.2) is 0 Å². The second-order valence-corrected chi connectivity index (χ2v) is 3.80. The Morgan fingerprint density at radius 3 is 2.46 bits per heavy atom. The van der Waals surface area contributed by atoms with Crippen molar-refractivity contribution in [3.05, 3.63) is 0 Å². The van der Waals surface area contributed by atoms with Gasteiger partial charge in [0.05, 0.1) is 0 Å². The third kappa shape index (κ3) is 6.05. The van der Waals surface area contributed by atoms with Crippen molar-refractivity contribution in [3.8, 4) is 0 Å². The molecule has 0 aromatic carbocycles. The van der Waals surface area contributed by atoms with Gasteiger partial charge >= 0.3 is 0 Å². The molecule has 0 aliphatic carbocycles. The molecule has 0 aromatic heterocycles. The van der Waals surface area contributed by atoms with Crippen LogP contribution < -0.4 is 5.32 Å². The van der Waals surface area contributed by atoms with Crippen LogP contribution in [0.5, 0.6) is 0 Å². The Morgan fingerprint density at radius 1 is 1.31 bits per heavy atom. The lowest BCUT2D eigenvalue weighted by atomic mass is 9.93. The molecule has 1 N–H and O–H groups in total. The predicted molar refractivity (Wildman–Crippen MR) is 58.0 cm³/mol. The van der Waals surface area contributed by atoms with E-state index in [1.165, 1.54) is 19.3 Å². The van der Waals surface area contributed by atoms with Gasteiger partial charge in [0.25, 0.3) is 0 Å². The highest BCUT2D eigenvalue weighted by molar-refractivity contribution is 4.71. The van der Waals surface area contributed by atoms with Crippen LogP contribution >= 0.6 is 0 Å². The third-order valence-corrected chi connectivity index (χ3v) is 2.67. The summed E-state index contributed by atoms with van der Waals surface area (Å²) in [6.45, 7) is 5.47. The summed E-state index contributed by atoms with van der Waals surface area (Å²) in [6.07, 6.45) is 4.99. The third-order valence-electron chi connectivity index (χ3n) is 2.67. The summed E-state index contributed by atoms with van der Waals surface area (Å²) in [6, 6.07) is 0.662. The summed E-state index contributed by atoms with van der Waals surface area (Å²) in [5, 5.41) is 3.39. The molecule has 2 unspecified atom stereocenters. The summed E-state index contributed by atoms with van der Waals surface area (Å²) >= 11 is 0. The SMILES string of the molecule is CCCC(C)C(CCCOC)NC. The number of hydrogen-bond donors (Lipinski definition) is 1. The molecule has 0 saturated heterocycles. The lowest BCUT2D eigenvalue weighted by Gasteiger charge is -2.23. The van der Waals surface area contributed by atoms with Crippen LogP contribution in [0.2, 0.25) is 0 Å². The molecule has 2 atom stereocenters. The minimum Gasteiger partial charge on any atom is -0.385 e. The molecule has 0 radical (unpaired) electrons. The molecule has 80 valence electrons. The first-order valence-electron chi connectivity index (χ1n) is 5.42. The number of rotatable bonds is 8. The molecule has 0 saturated carbocycles. The first-order valence-corrected chi connectivity index (χ1v) is 5.42. The predicted octanol–water partition coefficient (Wildman–Crippen LogP) is 2.44. The minimum absolute atomic E-state index is 0.662. The first kappa shape index (κ1) is 12.9. The van der Waals surface area contributed by atoms with Crippen LogP contribution in [-0.2, 0) is 4.74 Å². The second-order valence-electron chi connectivity index (χ2n) is 3.80. The Hall–Kier alpha value is -0.0800. The highest BCUT2D eigenvalue weighted by Crippen LogP contribution is 2.14. The molecule has 0 aliphatic rings. The summed E-state index contributed by atoms with van der Waals surface area (Å²) in [5.74, 6) is 0.784. The van der Waals surface area contributed by atoms with E-state index < -0.39 is 0 Å². The minimum atomic E-state index is 0.662. The van der Waals surface area contributed by atoms with Gasteiger partial charge in [-0.2, -0.15) is 0 Å². The van der Waals surface area contributed by atoms with Gasteiger partial charge < -0.3 is 10.1 Å².